The third-order valence-electron chi connectivity index (χ3n) is 2.75. The quantitative estimate of drug-likeness (QED) is 0.752. The molecule has 0 radical (unpaired) electrons. The number of benzene rings is 1. The van der Waals surface area contributed by atoms with Crippen LogP contribution in [0.15, 0.2) is 24.3 Å². The summed E-state index contributed by atoms with van der Waals surface area (Å²) in [5, 5.41) is 2.86. The first-order valence-electron chi connectivity index (χ1n) is 6.43. The Kier molecular flexibility index (Phi) is 4.45. The van der Waals surface area contributed by atoms with Crippen LogP contribution < -0.4 is 14.8 Å². The molecule has 4 nitrogen and oxygen atoms in total. The molecule has 98 valence electrons. The molecule has 1 saturated carbocycles. The van der Waals surface area contributed by atoms with Gasteiger partial charge in [-0.25, -0.2) is 0 Å². The molecule has 0 spiro atoms. The molecule has 1 aromatic rings. The Morgan fingerprint density at radius 1 is 1.22 bits per heavy atom. The van der Waals surface area contributed by atoms with Crippen molar-refractivity contribution in [3.05, 3.63) is 24.3 Å². The summed E-state index contributed by atoms with van der Waals surface area (Å²) in [5.74, 6) is 2.05. The van der Waals surface area contributed by atoms with Gasteiger partial charge in [-0.3, -0.25) is 4.79 Å². The second-order valence-corrected chi connectivity index (χ2v) is 4.32. The van der Waals surface area contributed by atoms with Crippen LogP contribution in [0, 0.1) is 5.92 Å². The topological polar surface area (TPSA) is 47.6 Å². The fourth-order valence-electron chi connectivity index (χ4n) is 1.63. The van der Waals surface area contributed by atoms with Crippen molar-refractivity contribution in [3.63, 3.8) is 0 Å². The molecule has 0 bridgehead atoms. The van der Waals surface area contributed by atoms with Crippen LogP contribution in [0.1, 0.15) is 19.8 Å². The first-order valence-corrected chi connectivity index (χ1v) is 6.43. The van der Waals surface area contributed by atoms with Gasteiger partial charge in [-0.15, -0.1) is 0 Å². The van der Waals surface area contributed by atoms with Gasteiger partial charge in [0.05, 0.1) is 13.2 Å². The standard InChI is InChI=1S/C14H19NO3/c1-2-17-12-5-7-13(8-6-12)18-10-9-15-14(16)11-3-4-11/h5-8,11H,2-4,9-10H2,1H3,(H,15,16). The average Bonchev–Trinajstić information content (AvgIpc) is 3.21. The van der Waals surface area contributed by atoms with E-state index in [4.69, 9.17) is 9.47 Å². The molecule has 1 aliphatic carbocycles. The minimum atomic E-state index is 0.158. The normalized spacial score (nSPS) is 14.1. The number of nitrogens with one attached hydrogen (secondary N) is 1. The highest BCUT2D eigenvalue weighted by molar-refractivity contribution is 5.80. The Labute approximate surface area is 107 Å². The monoisotopic (exact) mass is 249 g/mol. The largest absolute Gasteiger partial charge is 0.494 e. The van der Waals surface area contributed by atoms with E-state index < -0.39 is 0 Å². The third-order valence-corrected chi connectivity index (χ3v) is 2.75. The maximum absolute atomic E-state index is 11.4. The zero-order chi connectivity index (χ0) is 12.8. The van der Waals surface area contributed by atoms with Gasteiger partial charge in [0.15, 0.2) is 0 Å². The summed E-state index contributed by atoms with van der Waals surface area (Å²) in [5.41, 5.74) is 0. The van der Waals surface area contributed by atoms with E-state index in [1.54, 1.807) is 0 Å². The van der Waals surface area contributed by atoms with Crippen molar-refractivity contribution in [1.29, 1.82) is 0 Å². The van der Waals surface area contributed by atoms with E-state index in [2.05, 4.69) is 5.32 Å². The Bertz CT molecular complexity index is 385. The van der Waals surface area contributed by atoms with Gasteiger partial charge in [0, 0.05) is 5.92 Å². The summed E-state index contributed by atoms with van der Waals surface area (Å²) in [4.78, 5) is 11.4. The lowest BCUT2D eigenvalue weighted by Crippen LogP contribution is -2.29. The molecule has 2 rings (SSSR count). The van der Waals surface area contributed by atoms with Gasteiger partial charge in [-0.05, 0) is 44.0 Å². The number of rotatable bonds is 7. The number of hydrogen-bond donors (Lipinski definition) is 1. The molecule has 4 heteroatoms. The smallest absolute Gasteiger partial charge is 0.223 e. The van der Waals surface area contributed by atoms with E-state index in [9.17, 15) is 4.79 Å². The highest BCUT2D eigenvalue weighted by atomic mass is 16.5. The van der Waals surface area contributed by atoms with Gasteiger partial charge in [0.2, 0.25) is 5.91 Å². The Morgan fingerprint density at radius 3 is 2.39 bits per heavy atom. The molecule has 0 aromatic heterocycles. The highest BCUT2D eigenvalue weighted by Gasteiger charge is 2.28. The van der Waals surface area contributed by atoms with Crippen molar-refractivity contribution >= 4 is 5.91 Å². The van der Waals surface area contributed by atoms with E-state index >= 15 is 0 Å². The van der Waals surface area contributed by atoms with Gasteiger partial charge in [0.1, 0.15) is 18.1 Å². The van der Waals surface area contributed by atoms with Crippen LogP contribution in [-0.4, -0.2) is 25.7 Å². The van der Waals surface area contributed by atoms with Crippen LogP contribution in [0.25, 0.3) is 0 Å². The lowest BCUT2D eigenvalue weighted by Gasteiger charge is -2.08. The van der Waals surface area contributed by atoms with Crippen LogP contribution in [0.5, 0.6) is 11.5 Å². The lowest BCUT2D eigenvalue weighted by atomic mass is 10.3. The minimum absolute atomic E-state index is 0.158. The molecule has 1 N–H and O–H groups in total. The van der Waals surface area contributed by atoms with Gasteiger partial charge in [-0.1, -0.05) is 0 Å². The second kappa shape index (κ2) is 6.28. The summed E-state index contributed by atoms with van der Waals surface area (Å²) < 4.78 is 10.9. The fourth-order valence-corrected chi connectivity index (χ4v) is 1.63. The molecule has 0 unspecified atom stereocenters. The molecule has 0 heterocycles. The Balaban J connectivity index is 1.64. The summed E-state index contributed by atoms with van der Waals surface area (Å²) in [6.07, 6.45) is 2.07. The van der Waals surface area contributed by atoms with Gasteiger partial charge < -0.3 is 14.8 Å². The predicted molar refractivity (Wildman–Crippen MR) is 68.8 cm³/mol. The van der Waals surface area contributed by atoms with Crippen LogP contribution in [0.4, 0.5) is 0 Å². The van der Waals surface area contributed by atoms with Crippen molar-refractivity contribution in [2.75, 3.05) is 19.8 Å². The zero-order valence-electron chi connectivity index (χ0n) is 10.6. The van der Waals surface area contributed by atoms with Crippen molar-refractivity contribution < 1.29 is 14.3 Å². The molecule has 0 saturated heterocycles. The SMILES string of the molecule is CCOc1ccc(OCCNC(=O)C2CC2)cc1. The number of hydrogen-bond acceptors (Lipinski definition) is 3. The molecule has 1 aromatic carbocycles. The van der Waals surface area contributed by atoms with E-state index in [-0.39, 0.29) is 11.8 Å². The lowest BCUT2D eigenvalue weighted by molar-refractivity contribution is -0.122. The van der Waals surface area contributed by atoms with Gasteiger partial charge >= 0.3 is 0 Å². The maximum Gasteiger partial charge on any atom is 0.223 e. The van der Waals surface area contributed by atoms with E-state index in [1.165, 1.54) is 0 Å². The van der Waals surface area contributed by atoms with Crippen LogP contribution in [0.3, 0.4) is 0 Å². The maximum atomic E-state index is 11.4. The van der Waals surface area contributed by atoms with Gasteiger partial charge in [-0.2, -0.15) is 0 Å². The van der Waals surface area contributed by atoms with Crippen molar-refractivity contribution in [2.45, 2.75) is 19.8 Å². The summed E-state index contributed by atoms with van der Waals surface area (Å²) in [6, 6.07) is 7.49. The molecule has 1 amide bonds. The van der Waals surface area contributed by atoms with Crippen LogP contribution in [-0.2, 0) is 4.79 Å². The predicted octanol–water partition coefficient (Wildman–Crippen LogP) is 1.99. The molecular weight excluding hydrogens is 230 g/mol. The molecule has 18 heavy (non-hydrogen) atoms. The Morgan fingerprint density at radius 2 is 1.83 bits per heavy atom. The Hall–Kier alpha value is -1.71. The van der Waals surface area contributed by atoms with Crippen molar-refractivity contribution in [3.8, 4) is 11.5 Å². The molecule has 1 aliphatic rings. The van der Waals surface area contributed by atoms with Crippen molar-refractivity contribution in [2.24, 2.45) is 5.92 Å². The number of amides is 1. The third kappa shape index (κ3) is 3.95. The minimum Gasteiger partial charge on any atom is -0.494 e. The van der Waals surface area contributed by atoms with E-state index in [0.717, 1.165) is 24.3 Å². The summed E-state index contributed by atoms with van der Waals surface area (Å²) >= 11 is 0. The van der Waals surface area contributed by atoms with E-state index in [0.29, 0.717) is 19.8 Å². The van der Waals surface area contributed by atoms with Gasteiger partial charge in [0.25, 0.3) is 0 Å². The molecule has 0 aliphatic heterocycles. The summed E-state index contributed by atoms with van der Waals surface area (Å²) in [7, 11) is 0. The number of carbonyl (C=O) groups is 1. The second-order valence-electron chi connectivity index (χ2n) is 4.32. The number of carbonyl (C=O) groups excluding carboxylic acids is 1. The number of ether oxygens (including phenoxy) is 2. The average molecular weight is 249 g/mol. The van der Waals surface area contributed by atoms with Crippen molar-refractivity contribution in [1.82, 2.24) is 5.32 Å². The molecule has 1 fully saturated rings. The molecular formula is C14H19NO3. The zero-order valence-corrected chi connectivity index (χ0v) is 10.6. The fraction of sp³-hybridized carbons (Fsp3) is 0.500. The first-order chi connectivity index (χ1) is 8.79. The molecule has 0 atom stereocenters. The van der Waals surface area contributed by atoms with E-state index in [1.807, 2.05) is 31.2 Å². The van der Waals surface area contributed by atoms with Crippen LogP contribution in [0.2, 0.25) is 0 Å². The summed E-state index contributed by atoms with van der Waals surface area (Å²) in [6.45, 7) is 3.66. The highest BCUT2D eigenvalue weighted by Crippen LogP contribution is 2.28. The van der Waals surface area contributed by atoms with Crippen LogP contribution >= 0.6 is 0 Å². The first kappa shape index (κ1) is 12.7.